The van der Waals surface area contributed by atoms with Crippen LogP contribution in [0, 0.1) is 5.92 Å². The number of rotatable bonds is 10. The first-order chi connectivity index (χ1) is 16.9. The number of fused-ring (bicyclic) bond motifs is 1. The Bertz CT molecular complexity index is 1100. The Kier molecular flexibility index (Phi) is 7.94. The molecule has 0 radical (unpaired) electrons. The molecule has 0 fully saturated rings. The van der Waals surface area contributed by atoms with Gasteiger partial charge in [0.25, 0.3) is 0 Å². The van der Waals surface area contributed by atoms with Crippen molar-refractivity contribution in [1.82, 2.24) is 15.0 Å². The van der Waals surface area contributed by atoms with E-state index in [1.165, 1.54) is 5.19 Å². The van der Waals surface area contributed by atoms with Crippen LogP contribution in [0.1, 0.15) is 30.7 Å². The number of aliphatic hydroxyl groups is 1. The highest BCUT2D eigenvalue weighted by Gasteiger charge is 2.46. The minimum atomic E-state index is -2.04. The maximum absolute atomic E-state index is 9.24. The zero-order valence-corrected chi connectivity index (χ0v) is 22.3. The van der Waals surface area contributed by atoms with Crippen LogP contribution in [-0.4, -0.2) is 55.1 Å². The van der Waals surface area contributed by atoms with Gasteiger partial charge in [0, 0.05) is 44.4 Å². The fourth-order valence-corrected chi connectivity index (χ4v) is 8.94. The molecule has 2 aromatic carbocycles. The van der Waals surface area contributed by atoms with Gasteiger partial charge >= 0.3 is 0 Å². The number of methoxy groups -OCH3 is 2. The van der Waals surface area contributed by atoms with Crippen molar-refractivity contribution < 1.29 is 19.3 Å². The van der Waals surface area contributed by atoms with E-state index in [2.05, 4.69) is 66.7 Å². The van der Waals surface area contributed by atoms with E-state index in [-0.39, 0.29) is 24.7 Å². The van der Waals surface area contributed by atoms with Crippen LogP contribution < -0.4 is 14.7 Å². The molecule has 2 heterocycles. The molecule has 0 saturated carbocycles. The molecule has 8 heteroatoms. The highest BCUT2D eigenvalue weighted by molar-refractivity contribution is 6.91. The van der Waals surface area contributed by atoms with Crippen LogP contribution in [0.15, 0.2) is 54.7 Å². The number of ether oxygens (including phenoxy) is 3. The van der Waals surface area contributed by atoms with Gasteiger partial charge in [-0.1, -0.05) is 60.7 Å². The Morgan fingerprint density at radius 1 is 1.11 bits per heavy atom. The van der Waals surface area contributed by atoms with Gasteiger partial charge in [-0.25, -0.2) is 0 Å². The Morgan fingerprint density at radius 3 is 2.54 bits per heavy atom. The van der Waals surface area contributed by atoms with E-state index in [1.807, 2.05) is 23.0 Å². The van der Waals surface area contributed by atoms with Gasteiger partial charge in [0.15, 0.2) is 0 Å². The van der Waals surface area contributed by atoms with Crippen molar-refractivity contribution >= 4 is 13.3 Å². The number of aromatic nitrogens is 3. The van der Waals surface area contributed by atoms with Gasteiger partial charge in [-0.2, -0.15) is 0 Å². The van der Waals surface area contributed by atoms with E-state index in [0.717, 1.165) is 35.7 Å². The van der Waals surface area contributed by atoms with Gasteiger partial charge in [0.05, 0.1) is 27.0 Å². The first-order valence-electron chi connectivity index (χ1n) is 12.3. The lowest BCUT2D eigenvalue weighted by Gasteiger charge is -2.45. The van der Waals surface area contributed by atoms with Gasteiger partial charge < -0.3 is 19.3 Å². The molecular formula is C27H37N3O4Si. The number of benzene rings is 2. The van der Waals surface area contributed by atoms with Crippen molar-refractivity contribution in [2.45, 2.75) is 57.2 Å². The summed E-state index contributed by atoms with van der Waals surface area (Å²) in [6.07, 6.45) is 3.34. The van der Waals surface area contributed by atoms with E-state index in [9.17, 15) is 5.11 Å². The highest BCUT2D eigenvalue weighted by atomic mass is 28.3. The molecular weight excluding hydrogens is 458 g/mol. The lowest BCUT2D eigenvalue weighted by molar-refractivity contribution is -0.0234. The second-order valence-electron chi connectivity index (χ2n) is 9.93. The van der Waals surface area contributed by atoms with Crippen molar-refractivity contribution in [2.75, 3.05) is 20.8 Å². The van der Waals surface area contributed by atoms with Gasteiger partial charge in [-0.3, -0.25) is 4.68 Å². The predicted octanol–water partition coefficient (Wildman–Crippen LogP) is 3.98. The Hall–Kier alpha value is -2.68. The summed E-state index contributed by atoms with van der Waals surface area (Å²) in [5.41, 5.74) is 2.22. The SMILES string of the molecule is COc1ccc([Si](C)(C)C(CCn2cc(CCO)nn2)[C@@H]2Oc3ccccc3[C@H](OC)[C@H]2C)cc1. The molecule has 35 heavy (non-hydrogen) atoms. The van der Waals surface area contributed by atoms with Gasteiger partial charge in [-0.15, -0.1) is 5.10 Å². The molecule has 0 saturated heterocycles. The lowest BCUT2D eigenvalue weighted by atomic mass is 9.86. The van der Waals surface area contributed by atoms with Crippen molar-refractivity contribution in [2.24, 2.45) is 5.92 Å². The van der Waals surface area contributed by atoms with Crippen LogP contribution >= 0.6 is 0 Å². The fraction of sp³-hybridized carbons (Fsp3) is 0.481. The topological polar surface area (TPSA) is 78.6 Å². The average molecular weight is 496 g/mol. The number of aliphatic hydroxyl groups excluding tert-OH is 1. The summed E-state index contributed by atoms with van der Waals surface area (Å²) < 4.78 is 20.1. The number of hydrogen-bond acceptors (Lipinski definition) is 6. The van der Waals surface area contributed by atoms with Gasteiger partial charge in [0.2, 0.25) is 0 Å². The molecule has 0 amide bonds. The second-order valence-corrected chi connectivity index (χ2v) is 14.7. The Balaban J connectivity index is 1.68. The first-order valence-corrected chi connectivity index (χ1v) is 15.4. The van der Waals surface area contributed by atoms with Crippen molar-refractivity contribution in [1.29, 1.82) is 0 Å². The molecule has 1 unspecified atom stereocenters. The molecule has 0 aliphatic carbocycles. The average Bonchev–Trinajstić information content (AvgIpc) is 3.32. The standard InChI is InChI=1S/C27H37N3O4Si/c1-19-26(33-3)23-8-6-7-9-24(23)34-27(19)25(14-16-30-18-20(15-17-31)28-29-30)35(4,5)22-12-10-21(32-2)11-13-22/h6-13,18-19,25-27,31H,14-17H2,1-5H3/t19-,25?,26-,27-/m1/s1. The molecule has 188 valence electrons. The molecule has 3 aromatic rings. The number of aryl methyl sites for hydroxylation is 1. The Morgan fingerprint density at radius 2 is 1.86 bits per heavy atom. The molecule has 4 atom stereocenters. The second kappa shape index (κ2) is 10.9. The van der Waals surface area contributed by atoms with Crippen LogP contribution in [0.2, 0.25) is 18.6 Å². The maximum Gasteiger partial charge on any atom is 0.125 e. The molecule has 4 rings (SSSR count). The summed E-state index contributed by atoms with van der Waals surface area (Å²) in [5, 5.41) is 19.1. The predicted molar refractivity (Wildman–Crippen MR) is 139 cm³/mol. The minimum absolute atomic E-state index is 0.000878. The minimum Gasteiger partial charge on any atom is -0.497 e. The summed E-state index contributed by atoms with van der Waals surface area (Å²) in [6, 6.07) is 16.8. The van der Waals surface area contributed by atoms with Crippen LogP contribution in [0.25, 0.3) is 0 Å². The normalized spacial score (nSPS) is 20.7. The van der Waals surface area contributed by atoms with Crippen LogP contribution in [0.5, 0.6) is 11.5 Å². The molecule has 1 aromatic heterocycles. The van der Waals surface area contributed by atoms with Crippen molar-refractivity contribution in [3.05, 3.63) is 66.0 Å². The third-order valence-corrected chi connectivity index (χ3v) is 11.8. The third kappa shape index (κ3) is 5.29. The summed E-state index contributed by atoms with van der Waals surface area (Å²) in [7, 11) is 1.45. The van der Waals surface area contributed by atoms with Crippen LogP contribution in [-0.2, 0) is 17.7 Å². The van der Waals surface area contributed by atoms with Gasteiger partial charge in [-0.05, 0) is 30.2 Å². The zero-order valence-electron chi connectivity index (χ0n) is 21.3. The molecule has 0 bridgehead atoms. The van der Waals surface area contributed by atoms with Crippen LogP contribution in [0.3, 0.4) is 0 Å². The monoisotopic (exact) mass is 495 g/mol. The first kappa shape index (κ1) is 25.4. The molecule has 1 aliphatic rings. The number of para-hydroxylation sites is 1. The quantitative estimate of drug-likeness (QED) is 0.429. The summed E-state index contributed by atoms with van der Waals surface area (Å²) in [5.74, 6) is 1.97. The fourth-order valence-electron chi connectivity index (χ4n) is 5.44. The van der Waals surface area contributed by atoms with Crippen molar-refractivity contribution in [3.63, 3.8) is 0 Å². The van der Waals surface area contributed by atoms with E-state index in [4.69, 9.17) is 14.2 Å². The van der Waals surface area contributed by atoms with Crippen molar-refractivity contribution in [3.8, 4) is 11.5 Å². The van der Waals surface area contributed by atoms with E-state index in [1.54, 1.807) is 14.2 Å². The van der Waals surface area contributed by atoms with Gasteiger partial charge in [0.1, 0.15) is 17.6 Å². The third-order valence-electron chi connectivity index (χ3n) is 7.52. The molecule has 1 aliphatic heterocycles. The smallest absolute Gasteiger partial charge is 0.125 e. The molecule has 7 nitrogen and oxygen atoms in total. The Labute approximate surface area is 209 Å². The highest BCUT2D eigenvalue weighted by Crippen LogP contribution is 2.47. The molecule has 0 spiro atoms. The van der Waals surface area contributed by atoms with E-state index >= 15 is 0 Å². The summed E-state index contributed by atoms with van der Waals surface area (Å²) in [4.78, 5) is 0. The van der Waals surface area contributed by atoms with E-state index < -0.39 is 8.07 Å². The summed E-state index contributed by atoms with van der Waals surface area (Å²) in [6.45, 7) is 7.91. The largest absolute Gasteiger partial charge is 0.497 e. The lowest BCUT2D eigenvalue weighted by Crippen LogP contribution is -2.54. The van der Waals surface area contributed by atoms with Crippen LogP contribution in [0.4, 0.5) is 0 Å². The number of hydrogen-bond donors (Lipinski definition) is 1. The molecule has 1 N–H and O–H groups in total. The zero-order chi connectivity index (χ0) is 25.0. The maximum atomic E-state index is 9.24. The summed E-state index contributed by atoms with van der Waals surface area (Å²) >= 11 is 0. The number of nitrogens with zero attached hydrogens (tertiary/aromatic N) is 3. The van der Waals surface area contributed by atoms with E-state index in [0.29, 0.717) is 12.0 Å².